The fourth-order valence-corrected chi connectivity index (χ4v) is 3.75. The van der Waals surface area contributed by atoms with E-state index in [1.807, 2.05) is 12.1 Å². The monoisotopic (exact) mass is 304 g/mol. The van der Waals surface area contributed by atoms with Crippen molar-refractivity contribution in [3.05, 3.63) is 58.4 Å². The summed E-state index contributed by atoms with van der Waals surface area (Å²) in [5, 5.41) is 0.219. The van der Waals surface area contributed by atoms with Crippen molar-refractivity contribution in [1.29, 1.82) is 0 Å². The van der Waals surface area contributed by atoms with Crippen LogP contribution in [-0.2, 0) is 0 Å². The van der Waals surface area contributed by atoms with Gasteiger partial charge in [0.1, 0.15) is 5.82 Å². The third-order valence-corrected chi connectivity index (χ3v) is 5.29. The second-order valence-electron chi connectivity index (χ2n) is 6.51. The quantitative estimate of drug-likeness (QED) is 0.603. The first-order valence-electron chi connectivity index (χ1n) is 7.97. The molecule has 2 aliphatic carbocycles. The smallest absolute Gasteiger partial charge is 0.145 e. The zero-order chi connectivity index (χ0) is 14.8. The molecule has 0 aromatic heterocycles. The van der Waals surface area contributed by atoms with Gasteiger partial charge in [0.2, 0.25) is 0 Å². The Kier molecular flexibility index (Phi) is 4.49. The van der Waals surface area contributed by atoms with Crippen molar-refractivity contribution < 1.29 is 4.39 Å². The Hall–Kier alpha value is -1.08. The van der Waals surface area contributed by atoms with Gasteiger partial charge in [-0.1, -0.05) is 61.7 Å². The molecule has 1 aromatic rings. The molecule has 0 amide bonds. The van der Waals surface area contributed by atoms with Crippen molar-refractivity contribution in [3.63, 3.8) is 0 Å². The van der Waals surface area contributed by atoms with E-state index in [4.69, 9.17) is 11.6 Å². The maximum Gasteiger partial charge on any atom is 0.145 e. The molecule has 1 fully saturated rings. The summed E-state index contributed by atoms with van der Waals surface area (Å²) < 4.78 is 14.1. The van der Waals surface area contributed by atoms with E-state index in [1.165, 1.54) is 31.3 Å². The molecule has 1 atom stereocenters. The summed E-state index contributed by atoms with van der Waals surface area (Å²) >= 11 is 5.88. The Balaban J connectivity index is 1.70. The topological polar surface area (TPSA) is 0 Å². The lowest BCUT2D eigenvalue weighted by molar-refractivity contribution is 0.322. The van der Waals surface area contributed by atoms with Crippen molar-refractivity contribution in [3.8, 4) is 0 Å². The first-order valence-corrected chi connectivity index (χ1v) is 8.35. The van der Waals surface area contributed by atoms with Crippen LogP contribution < -0.4 is 0 Å². The lowest BCUT2D eigenvalue weighted by atomic mass is 9.76. The summed E-state index contributed by atoms with van der Waals surface area (Å²) in [5.74, 6) is 1.44. The van der Waals surface area contributed by atoms with Crippen molar-refractivity contribution in [1.82, 2.24) is 0 Å². The summed E-state index contributed by atoms with van der Waals surface area (Å²) in [6, 6.07) is 5.28. The molecule has 1 aromatic carbocycles. The third-order valence-electron chi connectivity index (χ3n) is 5.00. The van der Waals surface area contributed by atoms with Gasteiger partial charge in [-0.2, -0.15) is 0 Å². The lowest BCUT2D eigenvalue weighted by Crippen LogP contribution is -2.15. The van der Waals surface area contributed by atoms with Crippen LogP contribution in [0.5, 0.6) is 0 Å². The zero-order valence-corrected chi connectivity index (χ0v) is 13.2. The van der Waals surface area contributed by atoms with Crippen LogP contribution >= 0.6 is 11.6 Å². The first-order chi connectivity index (χ1) is 10.1. The predicted molar refractivity (Wildman–Crippen MR) is 87.1 cm³/mol. The highest BCUT2D eigenvalue weighted by molar-refractivity contribution is 6.30. The SMILES string of the molecule is CC1CCC(C2=CCC(c3cccc(Cl)c3F)C=C2)CC1. The summed E-state index contributed by atoms with van der Waals surface area (Å²) in [7, 11) is 0. The fraction of sp³-hybridized carbons (Fsp3) is 0.474. The highest BCUT2D eigenvalue weighted by atomic mass is 35.5. The van der Waals surface area contributed by atoms with Crippen LogP contribution in [0.25, 0.3) is 0 Å². The standard InChI is InChI=1S/C19H22ClF/c1-13-5-7-14(8-6-13)15-9-11-16(12-10-15)17-3-2-4-18(20)19(17)21/h2-4,9-11,13-14,16H,5-8,12H2,1H3. The van der Waals surface area contributed by atoms with E-state index in [9.17, 15) is 4.39 Å². The Labute approximate surface area is 131 Å². The highest BCUT2D eigenvalue weighted by Crippen LogP contribution is 2.38. The molecule has 0 nitrogen and oxygen atoms in total. The Bertz CT molecular complexity index is 565. The van der Waals surface area contributed by atoms with Gasteiger partial charge in [0.15, 0.2) is 0 Å². The molecule has 0 bridgehead atoms. The zero-order valence-electron chi connectivity index (χ0n) is 12.5. The minimum atomic E-state index is -0.267. The van der Waals surface area contributed by atoms with Crippen molar-refractivity contribution >= 4 is 11.6 Å². The van der Waals surface area contributed by atoms with E-state index in [1.54, 1.807) is 6.07 Å². The highest BCUT2D eigenvalue weighted by Gasteiger charge is 2.23. The first kappa shape index (κ1) is 14.8. The second-order valence-corrected chi connectivity index (χ2v) is 6.91. The fourth-order valence-electron chi connectivity index (χ4n) is 3.57. The van der Waals surface area contributed by atoms with Crippen molar-refractivity contribution in [2.45, 2.75) is 44.9 Å². The molecule has 0 heterocycles. The summed E-state index contributed by atoms with van der Waals surface area (Å²) in [6.45, 7) is 2.35. The van der Waals surface area contributed by atoms with Gasteiger partial charge in [-0.25, -0.2) is 4.39 Å². The molecular formula is C19H22ClF. The van der Waals surface area contributed by atoms with Gasteiger partial charge in [0.05, 0.1) is 5.02 Å². The molecule has 0 spiro atoms. The van der Waals surface area contributed by atoms with E-state index < -0.39 is 0 Å². The molecule has 0 aliphatic heterocycles. The van der Waals surface area contributed by atoms with E-state index in [2.05, 4.69) is 25.2 Å². The molecule has 1 unspecified atom stereocenters. The van der Waals surface area contributed by atoms with Crippen molar-refractivity contribution in [2.24, 2.45) is 11.8 Å². The minimum absolute atomic E-state index is 0.120. The normalized spacial score (nSPS) is 29.3. The number of hydrogen-bond donors (Lipinski definition) is 0. The molecule has 112 valence electrons. The summed E-state index contributed by atoms with van der Waals surface area (Å²) in [4.78, 5) is 0. The molecule has 21 heavy (non-hydrogen) atoms. The number of rotatable bonds is 2. The van der Waals surface area contributed by atoms with Crippen LogP contribution in [0.4, 0.5) is 4.39 Å². The number of allylic oxidation sites excluding steroid dienone is 4. The van der Waals surface area contributed by atoms with E-state index in [-0.39, 0.29) is 16.8 Å². The summed E-state index contributed by atoms with van der Waals surface area (Å²) in [5.41, 5.74) is 2.17. The second kappa shape index (κ2) is 6.36. The van der Waals surface area contributed by atoms with Crippen LogP contribution in [0.2, 0.25) is 5.02 Å². The summed E-state index contributed by atoms with van der Waals surface area (Å²) in [6.07, 6.45) is 12.8. The molecule has 2 aliphatic rings. The van der Waals surface area contributed by atoms with Gasteiger partial charge >= 0.3 is 0 Å². The van der Waals surface area contributed by atoms with Gasteiger partial charge in [0.25, 0.3) is 0 Å². The van der Waals surface area contributed by atoms with E-state index in [0.717, 1.165) is 12.3 Å². The van der Waals surface area contributed by atoms with Gasteiger partial charge in [-0.15, -0.1) is 0 Å². The maximum absolute atomic E-state index is 14.1. The van der Waals surface area contributed by atoms with Gasteiger partial charge in [0, 0.05) is 5.92 Å². The molecule has 3 rings (SSSR count). The average Bonchev–Trinajstić information content (AvgIpc) is 2.51. The average molecular weight is 305 g/mol. The third kappa shape index (κ3) is 3.23. The van der Waals surface area contributed by atoms with Gasteiger partial charge in [-0.05, 0) is 48.3 Å². The van der Waals surface area contributed by atoms with E-state index >= 15 is 0 Å². The Morgan fingerprint density at radius 2 is 1.90 bits per heavy atom. The van der Waals surface area contributed by atoms with Gasteiger partial charge in [-0.3, -0.25) is 0 Å². The molecule has 0 N–H and O–H groups in total. The maximum atomic E-state index is 14.1. The van der Waals surface area contributed by atoms with Gasteiger partial charge < -0.3 is 0 Å². The van der Waals surface area contributed by atoms with Crippen LogP contribution in [0.1, 0.15) is 50.5 Å². The Morgan fingerprint density at radius 3 is 2.57 bits per heavy atom. The largest absolute Gasteiger partial charge is 0.205 e. The number of halogens is 2. The predicted octanol–water partition coefficient (Wildman–Crippen LogP) is 6.28. The van der Waals surface area contributed by atoms with E-state index in [0.29, 0.717) is 11.5 Å². The van der Waals surface area contributed by atoms with Crippen molar-refractivity contribution in [2.75, 3.05) is 0 Å². The number of hydrogen-bond acceptors (Lipinski definition) is 0. The minimum Gasteiger partial charge on any atom is -0.205 e. The van der Waals surface area contributed by atoms with Crippen LogP contribution in [-0.4, -0.2) is 0 Å². The molecular weight excluding hydrogens is 283 g/mol. The van der Waals surface area contributed by atoms with Crippen LogP contribution in [0.15, 0.2) is 42.0 Å². The van der Waals surface area contributed by atoms with Crippen LogP contribution in [0.3, 0.4) is 0 Å². The van der Waals surface area contributed by atoms with Crippen LogP contribution in [0, 0.1) is 17.7 Å². The lowest BCUT2D eigenvalue weighted by Gasteiger charge is -2.29. The Morgan fingerprint density at radius 1 is 1.14 bits per heavy atom. The molecule has 2 heteroatoms. The molecule has 0 saturated heterocycles. The molecule has 0 radical (unpaired) electrons. The molecule has 1 saturated carbocycles. The number of benzene rings is 1.